The van der Waals surface area contributed by atoms with Crippen LogP contribution in [0.25, 0.3) is 0 Å². The van der Waals surface area contributed by atoms with Crippen LogP contribution in [0.15, 0.2) is 0 Å². The van der Waals surface area contributed by atoms with Crippen LogP contribution < -0.4 is 10.2 Å². The van der Waals surface area contributed by atoms with Gasteiger partial charge in [-0.3, -0.25) is 19.2 Å². The molecule has 0 rings (SSSR count). The van der Waals surface area contributed by atoms with Crippen molar-refractivity contribution in [3.05, 3.63) is 0 Å². The van der Waals surface area contributed by atoms with Gasteiger partial charge in [-0.05, 0) is 13.8 Å². The number of ketones is 4. The van der Waals surface area contributed by atoms with Crippen molar-refractivity contribution in [2.24, 2.45) is 0 Å². The summed E-state index contributed by atoms with van der Waals surface area (Å²) >= 11 is 1.06. The van der Waals surface area contributed by atoms with Gasteiger partial charge < -0.3 is 19.8 Å². The Kier molecular flexibility index (Phi) is 15.5. The average Bonchev–Trinajstić information content (AvgIpc) is 2.30. The molecule has 0 spiro atoms. The van der Waals surface area contributed by atoms with Gasteiger partial charge in [0.1, 0.15) is 23.5 Å². The minimum absolute atomic E-state index is 0.468. The maximum absolute atomic E-state index is 10.1. The Morgan fingerprint density at radius 3 is 0.950 bits per heavy atom. The SMILES string of the molecule is CC(=O)CC(=O)C(=O)[O-].CC(=O)CC(=O)C(=O)[O-].[O]=[V+2]. The van der Waals surface area contributed by atoms with E-state index in [1.54, 1.807) is 0 Å². The van der Waals surface area contributed by atoms with Crippen LogP contribution in [0, 0.1) is 0 Å². The van der Waals surface area contributed by atoms with Gasteiger partial charge in [-0.15, -0.1) is 0 Å². The first kappa shape index (κ1) is 23.1. The first-order valence-corrected chi connectivity index (χ1v) is 5.30. The van der Waals surface area contributed by atoms with Crippen LogP contribution in [-0.4, -0.2) is 35.1 Å². The van der Waals surface area contributed by atoms with E-state index < -0.39 is 47.9 Å². The van der Waals surface area contributed by atoms with E-state index in [1.165, 1.54) is 0 Å². The van der Waals surface area contributed by atoms with Crippen molar-refractivity contribution in [2.75, 3.05) is 0 Å². The minimum atomic E-state index is -1.80. The predicted octanol–water partition coefficient (Wildman–Crippen LogP) is -3.55. The Bertz CT molecular complexity index is 375. The van der Waals surface area contributed by atoms with Crippen LogP contribution in [0.4, 0.5) is 0 Å². The van der Waals surface area contributed by atoms with E-state index in [0.717, 1.165) is 31.2 Å². The van der Waals surface area contributed by atoms with Crippen molar-refractivity contribution in [3.8, 4) is 0 Å². The van der Waals surface area contributed by atoms with Crippen LogP contribution in [0.5, 0.6) is 0 Å². The van der Waals surface area contributed by atoms with Crippen LogP contribution in [0.1, 0.15) is 26.7 Å². The second-order valence-corrected chi connectivity index (χ2v) is 3.18. The summed E-state index contributed by atoms with van der Waals surface area (Å²) in [5, 5.41) is 19.2. The number of Topliss-reactive ketones (excluding diaryl/α,β-unsaturated/α-hetero) is 4. The fourth-order valence-corrected chi connectivity index (χ4v) is 0.597. The maximum atomic E-state index is 10.1. The molecule has 0 aliphatic heterocycles. The van der Waals surface area contributed by atoms with Gasteiger partial charge >= 0.3 is 21.0 Å². The Hall–Kier alpha value is -2.00. The molecule has 10 heteroatoms. The molecule has 20 heavy (non-hydrogen) atoms. The number of carboxylic acids is 2. The zero-order chi connectivity index (χ0) is 16.9. The van der Waals surface area contributed by atoms with E-state index in [9.17, 15) is 39.0 Å². The molecule has 0 N–H and O–H groups in total. The summed E-state index contributed by atoms with van der Waals surface area (Å²) in [5.74, 6) is -6.87. The van der Waals surface area contributed by atoms with Crippen molar-refractivity contribution in [1.82, 2.24) is 0 Å². The molecule has 0 atom stereocenters. The Morgan fingerprint density at radius 2 is 0.900 bits per heavy atom. The van der Waals surface area contributed by atoms with Gasteiger partial charge in [0.05, 0.1) is 12.8 Å². The number of aliphatic carboxylic acids is 2. The topological polar surface area (TPSA) is 166 Å². The molecule has 0 bridgehead atoms. The molecule has 0 saturated carbocycles. The standard InChI is InChI=1S/2C5H6O4.O.V/c2*1-3(6)2-4(7)5(8)9;;/h2*2H2,1H3,(H,8,9);;/q;;;+2/p-2. The van der Waals surface area contributed by atoms with E-state index in [1.807, 2.05) is 0 Å². The third-order valence-electron chi connectivity index (χ3n) is 1.27. The molecule has 0 fully saturated rings. The van der Waals surface area contributed by atoms with Gasteiger partial charge in [0, 0.05) is 0 Å². The molecule has 0 heterocycles. The van der Waals surface area contributed by atoms with Crippen molar-refractivity contribution in [2.45, 2.75) is 26.7 Å². The van der Waals surface area contributed by atoms with Crippen molar-refractivity contribution >= 4 is 35.1 Å². The van der Waals surface area contributed by atoms with E-state index >= 15 is 0 Å². The average molecular weight is 325 g/mol. The number of hydrogen-bond acceptors (Lipinski definition) is 9. The molecular weight excluding hydrogens is 315 g/mol. The molecule has 0 saturated heterocycles. The monoisotopic (exact) mass is 325 g/mol. The van der Waals surface area contributed by atoms with Crippen LogP contribution in [-0.2, 0) is 49.8 Å². The molecule has 109 valence electrons. The predicted molar refractivity (Wildman–Crippen MR) is 51.3 cm³/mol. The molecule has 0 aromatic rings. The summed E-state index contributed by atoms with van der Waals surface area (Å²) in [6.07, 6.45) is -1.13. The summed E-state index contributed by atoms with van der Waals surface area (Å²) in [6.45, 7) is 2.28. The Labute approximate surface area is 122 Å². The third-order valence-corrected chi connectivity index (χ3v) is 1.27. The van der Waals surface area contributed by atoms with Gasteiger partial charge in [-0.2, -0.15) is 0 Å². The molecule has 9 nitrogen and oxygen atoms in total. The van der Waals surface area contributed by atoms with Gasteiger partial charge in [0.25, 0.3) is 0 Å². The van der Waals surface area contributed by atoms with E-state index in [-0.39, 0.29) is 0 Å². The first-order chi connectivity index (χ1) is 9.07. The van der Waals surface area contributed by atoms with E-state index in [4.69, 9.17) is 3.67 Å². The second kappa shape index (κ2) is 13.4. The van der Waals surface area contributed by atoms with Gasteiger partial charge in [0.2, 0.25) is 0 Å². The fraction of sp³-hybridized carbons (Fsp3) is 0.400. The summed E-state index contributed by atoms with van der Waals surface area (Å²) in [7, 11) is 0. The zero-order valence-corrected chi connectivity index (χ0v) is 11.9. The summed E-state index contributed by atoms with van der Waals surface area (Å²) < 4.78 is 8.19. The number of hydrogen-bond donors (Lipinski definition) is 0. The first-order valence-electron chi connectivity index (χ1n) is 4.73. The molecule has 0 amide bonds. The van der Waals surface area contributed by atoms with Crippen molar-refractivity contribution < 1.29 is 60.0 Å². The molecule has 0 radical (unpaired) electrons. The molecular formula is C10H10O9V. The number of carbonyl (C=O) groups is 6. The molecule has 0 aliphatic carbocycles. The summed E-state index contributed by atoms with van der Waals surface area (Å²) in [5.41, 5.74) is 0. The van der Waals surface area contributed by atoms with Gasteiger partial charge in [-0.1, -0.05) is 0 Å². The molecule has 0 unspecified atom stereocenters. The Balaban J connectivity index is -0.000000257. The summed E-state index contributed by atoms with van der Waals surface area (Å²) in [4.78, 5) is 59.5. The number of rotatable bonds is 6. The fourth-order valence-electron chi connectivity index (χ4n) is 0.597. The zero-order valence-electron chi connectivity index (χ0n) is 10.5. The van der Waals surface area contributed by atoms with Crippen LogP contribution >= 0.6 is 0 Å². The van der Waals surface area contributed by atoms with Gasteiger partial charge in [0.15, 0.2) is 11.6 Å². The quantitative estimate of drug-likeness (QED) is 0.355. The summed E-state index contributed by atoms with van der Waals surface area (Å²) in [6, 6.07) is 0. The normalized spacial score (nSPS) is 8.00. The van der Waals surface area contributed by atoms with Gasteiger partial charge in [-0.25, -0.2) is 0 Å². The third kappa shape index (κ3) is 18.4. The molecule has 0 aliphatic rings. The van der Waals surface area contributed by atoms with E-state index in [0.29, 0.717) is 0 Å². The second-order valence-electron chi connectivity index (χ2n) is 3.18. The van der Waals surface area contributed by atoms with E-state index in [2.05, 4.69) is 0 Å². The van der Waals surface area contributed by atoms with Crippen molar-refractivity contribution in [3.63, 3.8) is 0 Å². The molecule has 0 aromatic carbocycles. The van der Waals surface area contributed by atoms with Crippen LogP contribution in [0.3, 0.4) is 0 Å². The number of carboxylic acid groups (broad SMARTS) is 2. The van der Waals surface area contributed by atoms with Crippen molar-refractivity contribution in [1.29, 1.82) is 0 Å². The number of carbonyl (C=O) groups excluding carboxylic acids is 6. The Morgan fingerprint density at radius 1 is 0.700 bits per heavy atom. The molecule has 0 aromatic heterocycles. The van der Waals surface area contributed by atoms with Crippen LogP contribution in [0.2, 0.25) is 0 Å².